The van der Waals surface area contributed by atoms with Crippen LogP contribution in [0.2, 0.25) is 0 Å². The van der Waals surface area contributed by atoms with E-state index in [9.17, 15) is 8.42 Å². The standard InChI is InChI=1S/C10H11N3O3S2/c14-5-8-1-2-10(11-3-8)18(15,16)13-4-9-6-17-7-12-9/h1-3,6-7,13-14H,4-5H2. The first-order valence-corrected chi connectivity index (χ1v) is 7.47. The van der Waals surface area contributed by atoms with Crippen molar-refractivity contribution in [1.82, 2.24) is 14.7 Å². The Kier molecular flexibility index (Phi) is 4.02. The number of aliphatic hydroxyl groups is 1. The molecule has 0 amide bonds. The van der Waals surface area contributed by atoms with Crippen molar-refractivity contribution in [1.29, 1.82) is 0 Å². The Hall–Kier alpha value is -1.35. The monoisotopic (exact) mass is 285 g/mol. The van der Waals surface area contributed by atoms with Gasteiger partial charge in [-0.15, -0.1) is 11.3 Å². The van der Waals surface area contributed by atoms with Gasteiger partial charge in [0.25, 0.3) is 10.0 Å². The minimum atomic E-state index is -3.64. The molecule has 96 valence electrons. The lowest BCUT2D eigenvalue weighted by Gasteiger charge is -2.04. The third-order valence-electron chi connectivity index (χ3n) is 2.18. The normalized spacial score (nSPS) is 11.6. The maximum absolute atomic E-state index is 11.9. The van der Waals surface area contributed by atoms with Crippen LogP contribution in [0, 0.1) is 0 Å². The van der Waals surface area contributed by atoms with Crippen molar-refractivity contribution >= 4 is 21.4 Å². The zero-order valence-electron chi connectivity index (χ0n) is 9.28. The highest BCUT2D eigenvalue weighted by Gasteiger charge is 2.15. The molecule has 0 unspecified atom stereocenters. The van der Waals surface area contributed by atoms with Gasteiger partial charge < -0.3 is 5.11 Å². The maximum atomic E-state index is 11.9. The number of nitrogens with zero attached hydrogens (tertiary/aromatic N) is 2. The summed E-state index contributed by atoms with van der Waals surface area (Å²) >= 11 is 1.40. The third-order valence-corrected chi connectivity index (χ3v) is 4.13. The van der Waals surface area contributed by atoms with Crippen LogP contribution < -0.4 is 4.72 Å². The van der Waals surface area contributed by atoms with E-state index in [-0.39, 0.29) is 18.2 Å². The van der Waals surface area contributed by atoms with Gasteiger partial charge >= 0.3 is 0 Å². The van der Waals surface area contributed by atoms with E-state index in [1.165, 1.54) is 29.7 Å². The van der Waals surface area contributed by atoms with Crippen LogP contribution >= 0.6 is 11.3 Å². The largest absolute Gasteiger partial charge is 0.392 e. The molecule has 6 nitrogen and oxygen atoms in total. The van der Waals surface area contributed by atoms with Gasteiger partial charge in [0.1, 0.15) is 0 Å². The Morgan fingerprint density at radius 3 is 2.72 bits per heavy atom. The van der Waals surface area contributed by atoms with Crippen molar-refractivity contribution in [3.05, 3.63) is 40.5 Å². The fraction of sp³-hybridized carbons (Fsp3) is 0.200. The first-order chi connectivity index (χ1) is 8.62. The van der Waals surface area contributed by atoms with Gasteiger partial charge in [0.05, 0.1) is 24.4 Å². The molecular formula is C10H11N3O3S2. The summed E-state index contributed by atoms with van der Waals surface area (Å²) in [6.45, 7) is -0.0329. The number of pyridine rings is 1. The Labute approximate surface area is 108 Å². The predicted octanol–water partition coefficient (Wildman–Crippen LogP) is 0.509. The van der Waals surface area contributed by atoms with Crippen LogP contribution in [-0.2, 0) is 23.2 Å². The summed E-state index contributed by atoms with van der Waals surface area (Å²) < 4.78 is 26.1. The molecule has 0 saturated carbocycles. The van der Waals surface area contributed by atoms with Crippen molar-refractivity contribution in [2.45, 2.75) is 18.2 Å². The van der Waals surface area contributed by atoms with Gasteiger partial charge in [0, 0.05) is 11.6 Å². The second kappa shape index (κ2) is 5.53. The van der Waals surface area contributed by atoms with E-state index in [1.54, 1.807) is 10.9 Å². The molecule has 0 bridgehead atoms. The Morgan fingerprint density at radius 1 is 1.33 bits per heavy atom. The van der Waals surface area contributed by atoms with E-state index in [2.05, 4.69) is 14.7 Å². The molecular weight excluding hydrogens is 274 g/mol. The smallest absolute Gasteiger partial charge is 0.258 e. The second-order valence-corrected chi connectivity index (χ2v) is 5.90. The fourth-order valence-corrected chi connectivity index (χ4v) is 2.71. The Balaban J connectivity index is 2.09. The molecule has 0 aliphatic rings. The molecule has 0 fully saturated rings. The Bertz CT molecular complexity index is 594. The summed E-state index contributed by atoms with van der Waals surface area (Å²) in [5.74, 6) is 0. The van der Waals surface area contributed by atoms with Gasteiger partial charge in [-0.2, -0.15) is 0 Å². The zero-order valence-corrected chi connectivity index (χ0v) is 10.9. The SMILES string of the molecule is O=S(=O)(NCc1cscn1)c1ccc(CO)cn1. The molecule has 2 rings (SSSR count). The summed E-state index contributed by atoms with van der Waals surface area (Å²) in [5.41, 5.74) is 2.86. The van der Waals surface area contributed by atoms with Crippen LogP contribution in [0.25, 0.3) is 0 Å². The minimum Gasteiger partial charge on any atom is -0.392 e. The van der Waals surface area contributed by atoms with Crippen LogP contribution in [0.3, 0.4) is 0 Å². The summed E-state index contributed by atoms with van der Waals surface area (Å²) in [4.78, 5) is 7.77. The summed E-state index contributed by atoms with van der Waals surface area (Å²) in [5, 5.41) is 10.5. The summed E-state index contributed by atoms with van der Waals surface area (Å²) in [6, 6.07) is 2.87. The highest BCUT2D eigenvalue weighted by Crippen LogP contribution is 2.08. The highest BCUT2D eigenvalue weighted by atomic mass is 32.2. The van der Waals surface area contributed by atoms with Crippen LogP contribution in [0.1, 0.15) is 11.3 Å². The van der Waals surface area contributed by atoms with E-state index >= 15 is 0 Å². The van der Waals surface area contributed by atoms with Crippen molar-refractivity contribution in [2.75, 3.05) is 0 Å². The molecule has 8 heteroatoms. The molecule has 2 N–H and O–H groups in total. The molecule has 18 heavy (non-hydrogen) atoms. The van der Waals surface area contributed by atoms with Crippen LogP contribution in [0.4, 0.5) is 0 Å². The lowest BCUT2D eigenvalue weighted by molar-refractivity contribution is 0.281. The number of hydrogen-bond acceptors (Lipinski definition) is 6. The van der Waals surface area contributed by atoms with E-state index < -0.39 is 10.0 Å². The number of sulfonamides is 1. The van der Waals surface area contributed by atoms with E-state index in [1.807, 2.05) is 0 Å². The minimum absolute atomic E-state index is 0.0741. The lowest BCUT2D eigenvalue weighted by Crippen LogP contribution is -2.24. The van der Waals surface area contributed by atoms with Crippen molar-refractivity contribution in [3.63, 3.8) is 0 Å². The van der Waals surface area contributed by atoms with Crippen LogP contribution in [0.15, 0.2) is 34.2 Å². The molecule has 2 heterocycles. The van der Waals surface area contributed by atoms with Crippen LogP contribution in [0.5, 0.6) is 0 Å². The average Bonchev–Trinajstić information content (AvgIpc) is 2.90. The van der Waals surface area contributed by atoms with Crippen molar-refractivity contribution in [3.8, 4) is 0 Å². The van der Waals surface area contributed by atoms with Crippen molar-refractivity contribution < 1.29 is 13.5 Å². The molecule has 0 aliphatic heterocycles. The number of rotatable bonds is 5. The molecule has 2 aromatic rings. The number of thiazole rings is 1. The molecule has 0 saturated heterocycles. The van der Waals surface area contributed by atoms with E-state index in [4.69, 9.17) is 5.11 Å². The zero-order chi connectivity index (χ0) is 13.0. The lowest BCUT2D eigenvalue weighted by atomic mass is 10.3. The van der Waals surface area contributed by atoms with Gasteiger partial charge in [-0.05, 0) is 11.6 Å². The van der Waals surface area contributed by atoms with Gasteiger partial charge in [-0.3, -0.25) is 0 Å². The first kappa shape index (κ1) is 13.1. The van der Waals surface area contributed by atoms with Crippen LogP contribution in [-0.4, -0.2) is 23.5 Å². The topological polar surface area (TPSA) is 92.2 Å². The number of hydrogen-bond donors (Lipinski definition) is 2. The number of aromatic nitrogens is 2. The Morgan fingerprint density at radius 2 is 2.17 bits per heavy atom. The average molecular weight is 285 g/mol. The number of nitrogens with one attached hydrogen (secondary N) is 1. The molecule has 0 radical (unpaired) electrons. The van der Waals surface area contributed by atoms with Crippen molar-refractivity contribution in [2.24, 2.45) is 0 Å². The fourth-order valence-electron chi connectivity index (χ4n) is 1.23. The predicted molar refractivity (Wildman–Crippen MR) is 66.3 cm³/mol. The molecule has 0 atom stereocenters. The molecule has 0 aliphatic carbocycles. The molecule has 0 aromatic carbocycles. The number of aliphatic hydroxyl groups excluding tert-OH is 1. The van der Waals surface area contributed by atoms with Gasteiger partial charge in [-0.25, -0.2) is 23.1 Å². The molecule has 2 aromatic heterocycles. The van der Waals surface area contributed by atoms with E-state index in [0.29, 0.717) is 11.3 Å². The quantitative estimate of drug-likeness (QED) is 0.835. The van der Waals surface area contributed by atoms with Gasteiger partial charge in [-0.1, -0.05) is 6.07 Å². The van der Waals surface area contributed by atoms with Gasteiger partial charge in [0.2, 0.25) is 0 Å². The molecule has 0 spiro atoms. The van der Waals surface area contributed by atoms with Gasteiger partial charge in [0.15, 0.2) is 5.03 Å². The summed E-state index contributed by atoms with van der Waals surface area (Å²) in [6.07, 6.45) is 1.33. The first-order valence-electron chi connectivity index (χ1n) is 5.04. The van der Waals surface area contributed by atoms with E-state index in [0.717, 1.165) is 0 Å². The highest BCUT2D eigenvalue weighted by molar-refractivity contribution is 7.89. The summed E-state index contributed by atoms with van der Waals surface area (Å²) in [7, 11) is -3.64. The second-order valence-electron chi connectivity index (χ2n) is 3.47. The third kappa shape index (κ3) is 3.10. The maximum Gasteiger partial charge on any atom is 0.258 e.